The molecule has 4 nitrogen and oxygen atoms in total. The monoisotopic (exact) mass is 280 g/mol. The number of urea groups is 1. The molecule has 0 bridgehead atoms. The van der Waals surface area contributed by atoms with Crippen LogP contribution in [0.2, 0.25) is 0 Å². The van der Waals surface area contributed by atoms with Crippen molar-refractivity contribution in [2.24, 2.45) is 5.92 Å². The van der Waals surface area contributed by atoms with Crippen molar-refractivity contribution in [3.63, 3.8) is 0 Å². The fourth-order valence-corrected chi connectivity index (χ4v) is 2.41. The van der Waals surface area contributed by atoms with E-state index in [1.807, 2.05) is 11.8 Å². The summed E-state index contributed by atoms with van der Waals surface area (Å²) < 4.78 is 18.8. The van der Waals surface area contributed by atoms with Crippen LogP contribution in [-0.4, -0.2) is 37.2 Å². The van der Waals surface area contributed by atoms with Gasteiger partial charge in [-0.3, -0.25) is 0 Å². The molecule has 0 spiro atoms. The van der Waals surface area contributed by atoms with Crippen molar-refractivity contribution in [3.05, 3.63) is 30.1 Å². The summed E-state index contributed by atoms with van der Waals surface area (Å²) in [4.78, 5) is 13.5. The largest absolute Gasteiger partial charge is 0.491 e. The van der Waals surface area contributed by atoms with Crippen molar-refractivity contribution in [2.75, 3.05) is 26.2 Å². The highest BCUT2D eigenvalue weighted by molar-refractivity contribution is 5.74. The first kappa shape index (κ1) is 14.6. The van der Waals surface area contributed by atoms with Crippen molar-refractivity contribution in [1.29, 1.82) is 0 Å². The normalized spacial score (nSPS) is 18.1. The third-order valence-electron chi connectivity index (χ3n) is 3.52. The Hall–Kier alpha value is -1.78. The second-order valence-corrected chi connectivity index (χ2v) is 5.00. The Labute approximate surface area is 118 Å². The predicted molar refractivity (Wildman–Crippen MR) is 75.3 cm³/mol. The molecule has 1 unspecified atom stereocenters. The number of para-hydroxylation sites is 1. The van der Waals surface area contributed by atoms with Gasteiger partial charge < -0.3 is 15.0 Å². The number of benzene rings is 1. The lowest BCUT2D eigenvalue weighted by atomic mass is 10.1. The molecule has 5 heteroatoms. The van der Waals surface area contributed by atoms with E-state index < -0.39 is 0 Å². The first-order valence-corrected chi connectivity index (χ1v) is 7.10. The van der Waals surface area contributed by atoms with Crippen LogP contribution in [0.4, 0.5) is 9.18 Å². The maximum Gasteiger partial charge on any atom is 0.317 e. The number of likely N-dealkylation sites (tertiary alicyclic amines) is 1. The summed E-state index contributed by atoms with van der Waals surface area (Å²) in [5.41, 5.74) is 0. The summed E-state index contributed by atoms with van der Waals surface area (Å²) >= 11 is 0. The molecule has 1 saturated heterocycles. The van der Waals surface area contributed by atoms with E-state index in [9.17, 15) is 9.18 Å². The average molecular weight is 280 g/mol. The molecule has 2 rings (SSSR count). The van der Waals surface area contributed by atoms with E-state index in [0.29, 0.717) is 24.8 Å². The summed E-state index contributed by atoms with van der Waals surface area (Å²) in [6.45, 7) is 4.58. The molecule has 0 aliphatic carbocycles. The lowest BCUT2D eigenvalue weighted by Crippen LogP contribution is -2.38. The number of nitrogens with zero attached hydrogens (tertiary/aromatic N) is 1. The molecule has 1 heterocycles. The third-order valence-corrected chi connectivity index (χ3v) is 3.52. The van der Waals surface area contributed by atoms with E-state index in [1.54, 1.807) is 18.2 Å². The van der Waals surface area contributed by atoms with Crippen LogP contribution in [0.5, 0.6) is 5.75 Å². The van der Waals surface area contributed by atoms with Gasteiger partial charge in [0.05, 0.1) is 6.61 Å². The van der Waals surface area contributed by atoms with Crippen LogP contribution in [0.15, 0.2) is 24.3 Å². The van der Waals surface area contributed by atoms with E-state index in [-0.39, 0.29) is 11.8 Å². The Morgan fingerprint density at radius 1 is 1.50 bits per heavy atom. The molecule has 1 aromatic carbocycles. The SMILES string of the molecule is CCNC(=O)N1CCC(CCOc2ccccc2F)C1. The van der Waals surface area contributed by atoms with Gasteiger partial charge in [0.25, 0.3) is 0 Å². The van der Waals surface area contributed by atoms with E-state index in [2.05, 4.69) is 5.32 Å². The molecule has 1 atom stereocenters. The lowest BCUT2D eigenvalue weighted by molar-refractivity contribution is 0.205. The second kappa shape index (κ2) is 7.12. The second-order valence-electron chi connectivity index (χ2n) is 5.00. The molecule has 1 aliphatic rings. The molecule has 1 N–H and O–H groups in total. The van der Waals surface area contributed by atoms with Crippen molar-refractivity contribution in [3.8, 4) is 5.75 Å². The first-order chi connectivity index (χ1) is 9.70. The highest BCUT2D eigenvalue weighted by Crippen LogP contribution is 2.21. The number of carbonyl (C=O) groups is 1. The van der Waals surface area contributed by atoms with Gasteiger partial charge in [0.2, 0.25) is 0 Å². The minimum absolute atomic E-state index is 0.00465. The Balaban J connectivity index is 1.71. The topological polar surface area (TPSA) is 41.6 Å². The van der Waals surface area contributed by atoms with Crippen LogP contribution in [0, 0.1) is 11.7 Å². The van der Waals surface area contributed by atoms with E-state index in [0.717, 1.165) is 25.9 Å². The number of hydrogen-bond acceptors (Lipinski definition) is 2. The Bertz CT molecular complexity index is 453. The number of amides is 2. The molecule has 0 saturated carbocycles. The predicted octanol–water partition coefficient (Wildman–Crippen LogP) is 2.65. The molecule has 0 radical (unpaired) electrons. The molecule has 110 valence electrons. The smallest absolute Gasteiger partial charge is 0.317 e. The number of hydrogen-bond donors (Lipinski definition) is 1. The Morgan fingerprint density at radius 2 is 2.30 bits per heavy atom. The van der Waals surface area contributed by atoms with E-state index >= 15 is 0 Å². The summed E-state index contributed by atoms with van der Waals surface area (Å²) in [5.74, 6) is 0.401. The van der Waals surface area contributed by atoms with Crippen LogP contribution >= 0.6 is 0 Å². The lowest BCUT2D eigenvalue weighted by Gasteiger charge is -2.16. The standard InChI is InChI=1S/C15H21FN2O2/c1-2-17-15(19)18-9-7-12(11-18)8-10-20-14-6-4-3-5-13(14)16/h3-6,12H,2,7-11H2,1H3,(H,17,19). The Morgan fingerprint density at radius 3 is 3.05 bits per heavy atom. The molecule has 1 aromatic rings. The summed E-state index contributed by atoms with van der Waals surface area (Å²) in [5, 5.41) is 2.80. The minimum atomic E-state index is -0.331. The van der Waals surface area contributed by atoms with Crippen LogP contribution in [0.25, 0.3) is 0 Å². The number of rotatable bonds is 5. The van der Waals surface area contributed by atoms with Crippen LogP contribution in [-0.2, 0) is 0 Å². The molecular weight excluding hydrogens is 259 g/mol. The van der Waals surface area contributed by atoms with Crippen molar-refractivity contribution in [1.82, 2.24) is 10.2 Å². The summed E-state index contributed by atoms with van der Waals surface area (Å²) in [6.07, 6.45) is 1.82. The fourth-order valence-electron chi connectivity index (χ4n) is 2.41. The van der Waals surface area contributed by atoms with E-state index in [4.69, 9.17) is 4.74 Å². The van der Waals surface area contributed by atoms with Crippen molar-refractivity contribution in [2.45, 2.75) is 19.8 Å². The fraction of sp³-hybridized carbons (Fsp3) is 0.533. The molecule has 1 aliphatic heterocycles. The molecule has 1 fully saturated rings. The molecular formula is C15H21FN2O2. The first-order valence-electron chi connectivity index (χ1n) is 7.10. The molecule has 20 heavy (non-hydrogen) atoms. The summed E-state index contributed by atoms with van der Waals surface area (Å²) in [7, 11) is 0. The number of ether oxygens (including phenoxy) is 1. The third kappa shape index (κ3) is 3.85. The van der Waals surface area contributed by atoms with Crippen LogP contribution in [0.1, 0.15) is 19.8 Å². The number of nitrogens with one attached hydrogen (secondary N) is 1. The van der Waals surface area contributed by atoms with Gasteiger partial charge in [0.1, 0.15) is 0 Å². The molecule has 2 amide bonds. The van der Waals surface area contributed by atoms with Gasteiger partial charge in [-0.05, 0) is 37.8 Å². The van der Waals surface area contributed by atoms with Crippen LogP contribution in [0.3, 0.4) is 0 Å². The zero-order valence-corrected chi connectivity index (χ0v) is 11.8. The van der Waals surface area contributed by atoms with Gasteiger partial charge in [0, 0.05) is 19.6 Å². The van der Waals surface area contributed by atoms with Gasteiger partial charge in [-0.2, -0.15) is 0 Å². The highest BCUT2D eigenvalue weighted by Gasteiger charge is 2.25. The number of carbonyl (C=O) groups excluding carboxylic acids is 1. The quantitative estimate of drug-likeness (QED) is 0.901. The van der Waals surface area contributed by atoms with Gasteiger partial charge in [0.15, 0.2) is 11.6 Å². The molecule has 0 aromatic heterocycles. The average Bonchev–Trinajstić information content (AvgIpc) is 2.90. The van der Waals surface area contributed by atoms with Crippen molar-refractivity contribution >= 4 is 6.03 Å². The van der Waals surface area contributed by atoms with Gasteiger partial charge in [-0.25, -0.2) is 9.18 Å². The van der Waals surface area contributed by atoms with E-state index in [1.165, 1.54) is 6.07 Å². The Kier molecular flexibility index (Phi) is 5.21. The summed E-state index contributed by atoms with van der Waals surface area (Å²) in [6, 6.07) is 6.42. The zero-order chi connectivity index (χ0) is 14.4. The maximum absolute atomic E-state index is 13.4. The zero-order valence-electron chi connectivity index (χ0n) is 11.8. The minimum Gasteiger partial charge on any atom is -0.491 e. The van der Waals surface area contributed by atoms with Crippen LogP contribution < -0.4 is 10.1 Å². The maximum atomic E-state index is 13.4. The van der Waals surface area contributed by atoms with Crippen molar-refractivity contribution < 1.29 is 13.9 Å². The van der Waals surface area contributed by atoms with Gasteiger partial charge in [-0.15, -0.1) is 0 Å². The highest BCUT2D eigenvalue weighted by atomic mass is 19.1. The van der Waals surface area contributed by atoms with Gasteiger partial charge >= 0.3 is 6.03 Å². The van der Waals surface area contributed by atoms with Gasteiger partial charge in [-0.1, -0.05) is 12.1 Å². The number of halogens is 1.